The van der Waals surface area contributed by atoms with Gasteiger partial charge in [0.1, 0.15) is 5.82 Å². The first-order chi connectivity index (χ1) is 16.7. The van der Waals surface area contributed by atoms with Crippen LogP contribution in [0, 0.1) is 17.5 Å². The zero-order valence-corrected chi connectivity index (χ0v) is 19.4. The summed E-state index contributed by atoms with van der Waals surface area (Å²) in [5.74, 6) is -5.38. The van der Waals surface area contributed by atoms with Gasteiger partial charge in [0.05, 0.1) is 0 Å². The summed E-state index contributed by atoms with van der Waals surface area (Å²) in [5.41, 5.74) is 4.59. The van der Waals surface area contributed by atoms with Crippen LogP contribution in [-0.4, -0.2) is 6.36 Å². The van der Waals surface area contributed by atoms with E-state index in [-0.39, 0.29) is 11.1 Å². The van der Waals surface area contributed by atoms with E-state index in [1.54, 1.807) is 0 Å². The molecule has 7 heteroatoms. The van der Waals surface area contributed by atoms with Crippen LogP contribution in [0.3, 0.4) is 0 Å². The first-order valence-corrected chi connectivity index (χ1v) is 11.9. The Hall–Kier alpha value is -2.96. The molecule has 0 aromatic heterocycles. The SMILES string of the molecule is CCCCCCCc1ccc2c(c1)CCc1cc(-c3cc(F)c(OC(F)(F)F)c(F)c3)c(F)cc1-2. The molecule has 3 aromatic rings. The summed E-state index contributed by atoms with van der Waals surface area (Å²) in [6, 6.07) is 10.4. The van der Waals surface area contributed by atoms with Crippen molar-refractivity contribution < 1.29 is 31.1 Å². The first-order valence-electron chi connectivity index (χ1n) is 11.9. The number of halogens is 6. The molecule has 186 valence electrons. The van der Waals surface area contributed by atoms with Gasteiger partial charge in [0.2, 0.25) is 5.75 Å². The van der Waals surface area contributed by atoms with Crippen molar-refractivity contribution in [1.29, 1.82) is 0 Å². The van der Waals surface area contributed by atoms with Gasteiger partial charge in [-0.2, -0.15) is 0 Å². The molecule has 1 aliphatic carbocycles. The Morgan fingerprint density at radius 3 is 2.03 bits per heavy atom. The minimum absolute atomic E-state index is 0.0766. The molecule has 0 N–H and O–H groups in total. The van der Waals surface area contributed by atoms with Crippen molar-refractivity contribution in [2.45, 2.75) is 64.7 Å². The smallest absolute Gasteiger partial charge is 0.399 e. The average molecular weight is 493 g/mol. The van der Waals surface area contributed by atoms with Crippen LogP contribution in [0.5, 0.6) is 5.75 Å². The van der Waals surface area contributed by atoms with Crippen LogP contribution in [0.25, 0.3) is 22.3 Å². The fourth-order valence-electron chi connectivity index (χ4n) is 4.70. The number of alkyl halides is 3. The highest BCUT2D eigenvalue weighted by atomic mass is 19.4. The Morgan fingerprint density at radius 2 is 1.37 bits per heavy atom. The summed E-state index contributed by atoms with van der Waals surface area (Å²) in [6.07, 6.45) is 3.15. The number of unbranched alkanes of at least 4 members (excludes halogenated alkanes) is 4. The third-order valence-electron chi connectivity index (χ3n) is 6.41. The van der Waals surface area contributed by atoms with E-state index in [9.17, 15) is 22.0 Å². The summed E-state index contributed by atoms with van der Waals surface area (Å²) in [7, 11) is 0. The maximum Gasteiger partial charge on any atom is 0.573 e. The Kier molecular flexibility index (Phi) is 7.43. The maximum atomic E-state index is 15.1. The third-order valence-corrected chi connectivity index (χ3v) is 6.41. The van der Waals surface area contributed by atoms with E-state index < -0.39 is 29.6 Å². The standard InChI is InChI=1S/C28H26F6O/c1-2-3-4-5-6-7-17-8-11-21-18(12-17)9-10-19-13-23(24(29)16-22(19)21)20-14-25(30)27(26(31)15-20)35-28(32,33)34/h8,11-16H,2-7,9-10H2,1H3. The van der Waals surface area contributed by atoms with Crippen molar-refractivity contribution >= 4 is 0 Å². The molecule has 0 heterocycles. The third kappa shape index (κ3) is 5.82. The zero-order valence-electron chi connectivity index (χ0n) is 19.4. The predicted octanol–water partition coefficient (Wildman–Crippen LogP) is 8.95. The first kappa shape index (κ1) is 25.1. The van der Waals surface area contributed by atoms with E-state index in [2.05, 4.69) is 23.8 Å². The van der Waals surface area contributed by atoms with Crippen LogP contribution in [0.2, 0.25) is 0 Å². The Bertz CT molecular complexity index is 1190. The quantitative estimate of drug-likeness (QED) is 0.225. The van der Waals surface area contributed by atoms with Crippen molar-refractivity contribution in [2.75, 3.05) is 0 Å². The second-order valence-corrected chi connectivity index (χ2v) is 8.96. The highest BCUT2D eigenvalue weighted by Gasteiger charge is 2.34. The van der Waals surface area contributed by atoms with Crippen LogP contribution >= 0.6 is 0 Å². The van der Waals surface area contributed by atoms with Crippen LogP contribution < -0.4 is 4.74 Å². The molecule has 0 radical (unpaired) electrons. The van der Waals surface area contributed by atoms with E-state index in [1.165, 1.54) is 43.4 Å². The van der Waals surface area contributed by atoms with E-state index in [1.807, 2.05) is 6.07 Å². The van der Waals surface area contributed by atoms with Gasteiger partial charge >= 0.3 is 6.36 Å². The summed E-state index contributed by atoms with van der Waals surface area (Å²) in [6.45, 7) is 2.19. The molecule has 0 unspecified atom stereocenters. The number of hydrogen-bond acceptors (Lipinski definition) is 1. The summed E-state index contributed by atoms with van der Waals surface area (Å²) in [5, 5.41) is 0. The van der Waals surface area contributed by atoms with E-state index in [0.29, 0.717) is 18.6 Å². The zero-order chi connectivity index (χ0) is 25.2. The normalized spacial score (nSPS) is 12.9. The van der Waals surface area contributed by atoms with Gasteiger partial charge in [-0.05, 0) is 83.3 Å². The van der Waals surface area contributed by atoms with E-state index in [0.717, 1.165) is 41.5 Å². The molecular weight excluding hydrogens is 466 g/mol. The predicted molar refractivity (Wildman–Crippen MR) is 124 cm³/mol. The van der Waals surface area contributed by atoms with Gasteiger partial charge in [0.15, 0.2) is 11.6 Å². The molecule has 0 fully saturated rings. The number of benzene rings is 3. The molecule has 0 amide bonds. The largest absolute Gasteiger partial charge is 0.573 e. The molecule has 0 bridgehead atoms. The fourth-order valence-corrected chi connectivity index (χ4v) is 4.70. The lowest BCUT2D eigenvalue weighted by Crippen LogP contribution is -2.19. The van der Waals surface area contributed by atoms with Gasteiger partial charge in [-0.3, -0.25) is 0 Å². The van der Waals surface area contributed by atoms with Crippen LogP contribution in [0.15, 0.2) is 42.5 Å². The minimum Gasteiger partial charge on any atom is -0.399 e. The molecule has 0 atom stereocenters. The number of rotatable bonds is 8. The van der Waals surface area contributed by atoms with Gasteiger partial charge in [0, 0.05) is 5.56 Å². The van der Waals surface area contributed by atoms with Crippen molar-refractivity contribution in [1.82, 2.24) is 0 Å². The Labute approximate surface area is 200 Å². The molecule has 0 spiro atoms. The van der Waals surface area contributed by atoms with E-state index >= 15 is 4.39 Å². The topological polar surface area (TPSA) is 9.23 Å². The van der Waals surface area contributed by atoms with Gasteiger partial charge < -0.3 is 4.74 Å². The number of aryl methyl sites for hydroxylation is 3. The monoisotopic (exact) mass is 492 g/mol. The molecule has 1 aliphatic rings. The highest BCUT2D eigenvalue weighted by molar-refractivity contribution is 5.78. The minimum atomic E-state index is -5.25. The summed E-state index contributed by atoms with van der Waals surface area (Å²) in [4.78, 5) is 0. The van der Waals surface area contributed by atoms with Crippen molar-refractivity contribution in [3.05, 3.63) is 76.6 Å². The van der Waals surface area contributed by atoms with Crippen LogP contribution in [0.4, 0.5) is 26.3 Å². The molecule has 4 rings (SSSR count). The van der Waals surface area contributed by atoms with Crippen LogP contribution in [-0.2, 0) is 19.3 Å². The number of fused-ring (bicyclic) bond motifs is 3. The highest BCUT2D eigenvalue weighted by Crippen LogP contribution is 2.39. The van der Waals surface area contributed by atoms with E-state index in [4.69, 9.17) is 0 Å². The van der Waals surface area contributed by atoms with Crippen molar-refractivity contribution in [3.63, 3.8) is 0 Å². The Morgan fingerprint density at radius 1 is 0.714 bits per heavy atom. The molecule has 3 aromatic carbocycles. The molecule has 0 aliphatic heterocycles. The summed E-state index contributed by atoms with van der Waals surface area (Å²) >= 11 is 0. The molecule has 0 saturated heterocycles. The lowest BCUT2D eigenvalue weighted by molar-refractivity contribution is -0.276. The second kappa shape index (κ2) is 10.3. The lowest BCUT2D eigenvalue weighted by Gasteiger charge is -2.22. The maximum absolute atomic E-state index is 15.1. The van der Waals surface area contributed by atoms with Gasteiger partial charge in [-0.25, -0.2) is 13.2 Å². The van der Waals surface area contributed by atoms with Gasteiger partial charge in [0.25, 0.3) is 0 Å². The molecule has 35 heavy (non-hydrogen) atoms. The summed E-state index contributed by atoms with van der Waals surface area (Å²) < 4.78 is 84.1. The molecule has 1 nitrogen and oxygen atoms in total. The molecule has 0 saturated carbocycles. The van der Waals surface area contributed by atoms with Crippen molar-refractivity contribution in [3.8, 4) is 28.0 Å². The van der Waals surface area contributed by atoms with Gasteiger partial charge in [-0.15, -0.1) is 13.2 Å². The van der Waals surface area contributed by atoms with Gasteiger partial charge in [-0.1, -0.05) is 50.8 Å². The number of ether oxygens (including phenoxy) is 1. The lowest BCUT2D eigenvalue weighted by atomic mass is 9.83. The number of hydrogen-bond donors (Lipinski definition) is 0. The molecular formula is C28H26F6O. The second-order valence-electron chi connectivity index (χ2n) is 8.96. The average Bonchev–Trinajstić information content (AvgIpc) is 2.80. The fraction of sp³-hybridized carbons (Fsp3) is 0.357. The van der Waals surface area contributed by atoms with Crippen LogP contribution in [0.1, 0.15) is 55.7 Å². The Balaban J connectivity index is 1.59. The van der Waals surface area contributed by atoms with Crippen molar-refractivity contribution in [2.24, 2.45) is 0 Å².